The van der Waals surface area contributed by atoms with E-state index in [2.05, 4.69) is 9.97 Å². The van der Waals surface area contributed by atoms with Crippen LogP contribution in [0.3, 0.4) is 0 Å². The molecule has 0 aliphatic carbocycles. The Kier molecular flexibility index (Phi) is 12.6. The van der Waals surface area contributed by atoms with Gasteiger partial charge < -0.3 is 14.6 Å². The molecule has 0 aliphatic heterocycles. The molecule has 1 atom stereocenters. The van der Waals surface area contributed by atoms with Crippen LogP contribution >= 0.6 is 0 Å². The largest absolute Gasteiger partial charge is 0.498 e. The smallest absolute Gasteiger partial charge is 0.334 e. The van der Waals surface area contributed by atoms with Crippen molar-refractivity contribution in [3.63, 3.8) is 0 Å². The summed E-state index contributed by atoms with van der Waals surface area (Å²) in [5.74, 6) is -0.906. The number of benzene rings is 1. The van der Waals surface area contributed by atoms with Gasteiger partial charge in [-0.05, 0) is 44.0 Å². The molecule has 0 saturated carbocycles. The van der Waals surface area contributed by atoms with Gasteiger partial charge >= 0.3 is 5.97 Å². The van der Waals surface area contributed by atoms with E-state index in [-0.39, 0.29) is 38.1 Å². The summed E-state index contributed by atoms with van der Waals surface area (Å²) in [6.45, 7) is 7.75. The topological polar surface area (TPSA) is 119 Å². The summed E-state index contributed by atoms with van der Waals surface area (Å²) in [5.41, 5.74) is 1.99. The molecule has 38 heavy (non-hydrogen) atoms. The molecule has 1 N–H and O–H groups in total. The van der Waals surface area contributed by atoms with Crippen LogP contribution in [0.15, 0.2) is 42.2 Å². The fourth-order valence-corrected chi connectivity index (χ4v) is 3.72. The Morgan fingerprint density at radius 1 is 1.13 bits per heavy atom. The molecule has 210 valence electrons. The molecule has 0 amide bonds. The molecule has 0 bridgehead atoms. The van der Waals surface area contributed by atoms with Crippen LogP contribution in [-0.4, -0.2) is 62.1 Å². The van der Waals surface area contributed by atoms with Crippen molar-refractivity contribution in [1.82, 2.24) is 9.97 Å². The Bertz CT molecular complexity index is 1240. The first-order chi connectivity index (χ1) is 17.4. The van der Waals surface area contributed by atoms with E-state index in [1.165, 1.54) is 43.5 Å². The monoisotopic (exact) mass is 551 g/mol. The summed E-state index contributed by atoms with van der Waals surface area (Å²) in [6.07, 6.45) is 4.37. The molecule has 0 radical (unpaired) electrons. The number of carbonyl (C=O) groups is 1. The first-order valence-corrected chi connectivity index (χ1v) is 13.7. The highest BCUT2D eigenvalue weighted by Gasteiger charge is 2.22. The zero-order valence-corrected chi connectivity index (χ0v) is 22.8. The van der Waals surface area contributed by atoms with Crippen LogP contribution in [-0.2, 0) is 24.3 Å². The summed E-state index contributed by atoms with van der Waals surface area (Å²) >= 11 is 0. The van der Waals surface area contributed by atoms with Gasteiger partial charge in [-0.1, -0.05) is 33.4 Å². The van der Waals surface area contributed by atoms with Gasteiger partial charge in [0.25, 0.3) is 0 Å². The number of hydrogen-bond donors (Lipinski definition) is 1. The minimum Gasteiger partial charge on any atom is -0.498 e. The summed E-state index contributed by atoms with van der Waals surface area (Å²) in [5, 5.41) is 10.7. The fraction of sp³-hybridized carbons (Fsp3) is 0.444. The first kappa shape index (κ1) is 32.7. The van der Waals surface area contributed by atoms with Gasteiger partial charge in [0, 0.05) is 24.6 Å². The summed E-state index contributed by atoms with van der Waals surface area (Å²) < 4.78 is 49.3. The normalized spacial score (nSPS) is 12.8. The van der Waals surface area contributed by atoms with Crippen molar-refractivity contribution in [2.75, 3.05) is 30.8 Å². The number of esters is 1. The predicted molar refractivity (Wildman–Crippen MR) is 147 cm³/mol. The van der Waals surface area contributed by atoms with E-state index in [1.807, 2.05) is 13.8 Å². The van der Waals surface area contributed by atoms with Crippen molar-refractivity contribution in [3.05, 3.63) is 59.3 Å². The first-order valence-electron chi connectivity index (χ1n) is 11.8. The number of aliphatic hydroxyl groups excluding tert-OH is 1. The molecular formula is C27H38FN3O6S. The highest BCUT2D eigenvalue weighted by atomic mass is 32.2. The van der Waals surface area contributed by atoms with Crippen LogP contribution in [0.4, 0.5) is 10.3 Å². The van der Waals surface area contributed by atoms with Crippen LogP contribution in [0, 0.1) is 5.82 Å². The Hall–Kier alpha value is -3.31. The number of carbonyl (C=O) groups excluding carboxylic acids is 1. The van der Waals surface area contributed by atoms with E-state index in [0.717, 1.165) is 10.6 Å². The lowest BCUT2D eigenvalue weighted by molar-refractivity contribution is -0.137. The maximum absolute atomic E-state index is 13.6. The average Bonchev–Trinajstić information content (AvgIpc) is 2.82. The number of rotatable bonds is 12. The van der Waals surface area contributed by atoms with Crippen LogP contribution in [0.5, 0.6) is 0 Å². The number of sulfonamides is 1. The standard InChI is InChI=1S/C26H34FN3O6S.CH4/c1-7-35-21(16-23(32)36-8-2)15-20(31)13-14-22-24(17(3)4)28-26(30(5)37(6,33)34)29-25(22)18-9-11-19(27)12-10-18;/h9-14,16-17,20,31H,7-8,15H2,1-6H3;1H4/b14-13+,21-16-;/t20-;/m1./s1. The summed E-state index contributed by atoms with van der Waals surface area (Å²) in [6, 6.07) is 5.64. The van der Waals surface area contributed by atoms with Crippen LogP contribution in [0.25, 0.3) is 17.3 Å². The third-order valence-electron chi connectivity index (χ3n) is 5.20. The molecule has 11 heteroatoms. The van der Waals surface area contributed by atoms with Gasteiger partial charge in [0.05, 0.1) is 43.0 Å². The van der Waals surface area contributed by atoms with Crippen LogP contribution < -0.4 is 4.31 Å². The lowest BCUT2D eigenvalue weighted by Crippen LogP contribution is -2.27. The Balaban J connectivity index is 0.00000722. The highest BCUT2D eigenvalue weighted by molar-refractivity contribution is 7.92. The predicted octanol–water partition coefficient (Wildman–Crippen LogP) is 4.69. The molecule has 0 saturated heterocycles. The third-order valence-corrected chi connectivity index (χ3v) is 6.36. The Labute approximate surface area is 225 Å². The average molecular weight is 552 g/mol. The molecule has 2 rings (SSSR count). The number of anilines is 1. The summed E-state index contributed by atoms with van der Waals surface area (Å²) in [7, 11) is -2.29. The molecule has 0 aliphatic rings. The van der Waals surface area contributed by atoms with E-state index in [9.17, 15) is 22.7 Å². The van der Waals surface area contributed by atoms with Crippen molar-refractivity contribution >= 4 is 28.0 Å². The van der Waals surface area contributed by atoms with E-state index < -0.39 is 27.9 Å². The molecule has 1 aromatic carbocycles. The highest BCUT2D eigenvalue weighted by Crippen LogP contribution is 2.31. The minimum absolute atomic E-state index is 0. The van der Waals surface area contributed by atoms with E-state index in [0.29, 0.717) is 29.1 Å². The van der Waals surface area contributed by atoms with Gasteiger partial charge in [0.15, 0.2) is 0 Å². The maximum Gasteiger partial charge on any atom is 0.334 e. The lowest BCUT2D eigenvalue weighted by atomic mass is 9.97. The number of halogens is 1. The zero-order chi connectivity index (χ0) is 27.8. The van der Waals surface area contributed by atoms with Crippen molar-refractivity contribution < 1.29 is 32.2 Å². The number of aliphatic hydroxyl groups is 1. The second-order valence-electron chi connectivity index (χ2n) is 8.49. The molecular weight excluding hydrogens is 513 g/mol. The molecule has 9 nitrogen and oxygen atoms in total. The zero-order valence-electron chi connectivity index (χ0n) is 21.9. The van der Waals surface area contributed by atoms with Crippen LogP contribution in [0.1, 0.15) is 58.7 Å². The minimum atomic E-state index is -3.64. The number of aromatic nitrogens is 2. The van der Waals surface area contributed by atoms with Gasteiger partial charge in [-0.2, -0.15) is 0 Å². The molecule has 1 heterocycles. The van der Waals surface area contributed by atoms with Crippen molar-refractivity contribution in [2.24, 2.45) is 0 Å². The SMILES string of the molecule is C.CCOC(=O)/C=C(/C[C@H](O)/C=C/c1c(-c2ccc(F)cc2)nc(N(C)S(C)(=O)=O)nc1C(C)C)OCC. The van der Waals surface area contributed by atoms with Gasteiger partial charge in [-0.3, -0.25) is 0 Å². The molecule has 2 aromatic rings. The van der Waals surface area contributed by atoms with Gasteiger partial charge in [-0.25, -0.2) is 31.9 Å². The van der Waals surface area contributed by atoms with Crippen molar-refractivity contribution in [3.8, 4) is 11.3 Å². The van der Waals surface area contributed by atoms with Crippen molar-refractivity contribution in [2.45, 2.75) is 53.6 Å². The molecule has 0 fully saturated rings. The Morgan fingerprint density at radius 2 is 1.74 bits per heavy atom. The van der Waals surface area contributed by atoms with Gasteiger partial charge in [0.2, 0.25) is 16.0 Å². The van der Waals surface area contributed by atoms with Crippen LogP contribution in [0.2, 0.25) is 0 Å². The quantitative estimate of drug-likeness (QED) is 0.229. The number of ether oxygens (including phenoxy) is 2. The van der Waals surface area contributed by atoms with Gasteiger partial charge in [-0.15, -0.1) is 0 Å². The number of nitrogens with zero attached hydrogens (tertiary/aromatic N) is 3. The molecule has 1 aromatic heterocycles. The van der Waals surface area contributed by atoms with Gasteiger partial charge in [0.1, 0.15) is 11.6 Å². The van der Waals surface area contributed by atoms with E-state index in [1.54, 1.807) is 19.9 Å². The van der Waals surface area contributed by atoms with E-state index >= 15 is 0 Å². The van der Waals surface area contributed by atoms with Crippen molar-refractivity contribution in [1.29, 1.82) is 0 Å². The molecule has 0 unspecified atom stereocenters. The second-order valence-corrected chi connectivity index (χ2v) is 10.5. The summed E-state index contributed by atoms with van der Waals surface area (Å²) in [4.78, 5) is 20.8. The third kappa shape index (κ3) is 9.21. The maximum atomic E-state index is 13.6. The number of hydrogen-bond acceptors (Lipinski definition) is 8. The fourth-order valence-electron chi connectivity index (χ4n) is 3.34. The van der Waals surface area contributed by atoms with E-state index in [4.69, 9.17) is 9.47 Å². The molecule has 0 spiro atoms. The Morgan fingerprint density at radius 3 is 2.26 bits per heavy atom. The lowest BCUT2D eigenvalue weighted by Gasteiger charge is -2.20. The second kappa shape index (κ2) is 14.6.